The Kier molecular flexibility index (Phi) is 3.02. The fourth-order valence-corrected chi connectivity index (χ4v) is 1.32. The van der Waals surface area contributed by atoms with E-state index < -0.39 is 0 Å². The van der Waals surface area contributed by atoms with Gasteiger partial charge in [-0.3, -0.25) is 0 Å². The molecular formula is C11H12FN. The van der Waals surface area contributed by atoms with Gasteiger partial charge in [-0.2, -0.15) is 5.26 Å². The van der Waals surface area contributed by atoms with E-state index >= 15 is 0 Å². The SMILES string of the molecule is Cc1ccc(CCC#N)c(C)c1F. The number of aryl methyl sites for hydroxylation is 2. The molecule has 0 radical (unpaired) electrons. The van der Waals surface area contributed by atoms with Gasteiger partial charge in [-0.05, 0) is 37.0 Å². The minimum Gasteiger partial charge on any atom is -0.206 e. The molecule has 0 aliphatic rings. The molecule has 0 amide bonds. The van der Waals surface area contributed by atoms with Crippen LogP contribution in [0.5, 0.6) is 0 Å². The van der Waals surface area contributed by atoms with Crippen LogP contribution in [0.4, 0.5) is 4.39 Å². The number of hydrogen-bond acceptors (Lipinski definition) is 1. The first kappa shape index (κ1) is 9.73. The van der Waals surface area contributed by atoms with Crippen molar-refractivity contribution in [3.8, 4) is 6.07 Å². The van der Waals surface area contributed by atoms with Gasteiger partial charge in [0.25, 0.3) is 0 Å². The number of nitrogens with zero attached hydrogens (tertiary/aromatic N) is 1. The molecule has 1 nitrogen and oxygen atoms in total. The highest BCUT2D eigenvalue weighted by Gasteiger charge is 2.05. The molecule has 68 valence electrons. The Morgan fingerprint density at radius 3 is 2.69 bits per heavy atom. The summed E-state index contributed by atoms with van der Waals surface area (Å²) in [6.45, 7) is 3.51. The van der Waals surface area contributed by atoms with Gasteiger partial charge in [-0.25, -0.2) is 4.39 Å². The quantitative estimate of drug-likeness (QED) is 0.681. The summed E-state index contributed by atoms with van der Waals surface area (Å²) in [5.41, 5.74) is 2.28. The summed E-state index contributed by atoms with van der Waals surface area (Å²) in [6, 6.07) is 5.71. The van der Waals surface area contributed by atoms with Crippen LogP contribution in [-0.4, -0.2) is 0 Å². The largest absolute Gasteiger partial charge is 0.206 e. The van der Waals surface area contributed by atoms with E-state index in [4.69, 9.17) is 5.26 Å². The van der Waals surface area contributed by atoms with Gasteiger partial charge in [-0.15, -0.1) is 0 Å². The maximum absolute atomic E-state index is 13.3. The summed E-state index contributed by atoms with van der Waals surface area (Å²) in [7, 11) is 0. The van der Waals surface area contributed by atoms with Gasteiger partial charge < -0.3 is 0 Å². The van der Waals surface area contributed by atoms with Crippen LogP contribution in [0.2, 0.25) is 0 Å². The van der Waals surface area contributed by atoms with Crippen molar-refractivity contribution in [2.24, 2.45) is 0 Å². The molecular weight excluding hydrogens is 165 g/mol. The lowest BCUT2D eigenvalue weighted by molar-refractivity contribution is 0.606. The van der Waals surface area contributed by atoms with Crippen molar-refractivity contribution in [2.75, 3.05) is 0 Å². The van der Waals surface area contributed by atoms with E-state index in [0.717, 1.165) is 5.56 Å². The highest BCUT2D eigenvalue weighted by molar-refractivity contribution is 5.32. The molecule has 0 fully saturated rings. The van der Waals surface area contributed by atoms with E-state index in [-0.39, 0.29) is 5.82 Å². The summed E-state index contributed by atoms with van der Waals surface area (Å²) < 4.78 is 13.3. The zero-order chi connectivity index (χ0) is 9.84. The Hall–Kier alpha value is -1.36. The predicted octanol–water partition coefficient (Wildman–Crippen LogP) is 2.90. The van der Waals surface area contributed by atoms with Crippen molar-refractivity contribution < 1.29 is 4.39 Å². The number of benzene rings is 1. The third-order valence-electron chi connectivity index (χ3n) is 2.20. The highest BCUT2D eigenvalue weighted by atomic mass is 19.1. The van der Waals surface area contributed by atoms with Crippen LogP contribution in [0.3, 0.4) is 0 Å². The molecule has 0 N–H and O–H groups in total. The predicted molar refractivity (Wildman–Crippen MR) is 49.8 cm³/mol. The van der Waals surface area contributed by atoms with E-state index in [2.05, 4.69) is 6.07 Å². The third-order valence-corrected chi connectivity index (χ3v) is 2.20. The van der Waals surface area contributed by atoms with Crippen LogP contribution < -0.4 is 0 Å². The summed E-state index contributed by atoms with van der Waals surface area (Å²) in [4.78, 5) is 0. The van der Waals surface area contributed by atoms with Gasteiger partial charge in [0.2, 0.25) is 0 Å². The molecule has 0 heterocycles. The van der Waals surface area contributed by atoms with Crippen molar-refractivity contribution >= 4 is 0 Å². The standard InChI is InChI=1S/C11H12FN/c1-8-5-6-10(4-3-7-13)9(2)11(8)12/h5-6H,3-4H2,1-2H3. The Labute approximate surface area is 77.8 Å². The van der Waals surface area contributed by atoms with Crippen molar-refractivity contribution in [3.05, 3.63) is 34.6 Å². The van der Waals surface area contributed by atoms with Crippen LogP contribution in [0.1, 0.15) is 23.1 Å². The zero-order valence-electron chi connectivity index (χ0n) is 7.89. The molecule has 0 aliphatic heterocycles. The van der Waals surface area contributed by atoms with Crippen molar-refractivity contribution in [3.63, 3.8) is 0 Å². The van der Waals surface area contributed by atoms with Gasteiger partial charge in [0.15, 0.2) is 0 Å². The van der Waals surface area contributed by atoms with Crippen molar-refractivity contribution in [1.82, 2.24) is 0 Å². The molecule has 0 bridgehead atoms. The Morgan fingerprint density at radius 2 is 2.08 bits per heavy atom. The van der Waals surface area contributed by atoms with Crippen LogP contribution in [-0.2, 0) is 6.42 Å². The van der Waals surface area contributed by atoms with Gasteiger partial charge in [0.05, 0.1) is 6.07 Å². The molecule has 2 heteroatoms. The molecule has 1 aromatic rings. The fourth-order valence-electron chi connectivity index (χ4n) is 1.32. The van der Waals surface area contributed by atoms with Gasteiger partial charge >= 0.3 is 0 Å². The lowest BCUT2D eigenvalue weighted by Crippen LogP contribution is -1.95. The van der Waals surface area contributed by atoms with Crippen LogP contribution in [0.15, 0.2) is 12.1 Å². The van der Waals surface area contributed by atoms with E-state index in [1.54, 1.807) is 19.9 Å². The Balaban J connectivity index is 2.98. The highest BCUT2D eigenvalue weighted by Crippen LogP contribution is 2.17. The molecule has 0 aromatic heterocycles. The fraction of sp³-hybridized carbons (Fsp3) is 0.364. The van der Waals surface area contributed by atoms with E-state index in [0.29, 0.717) is 24.0 Å². The van der Waals surface area contributed by atoms with Gasteiger partial charge in [0, 0.05) is 6.42 Å². The molecule has 0 saturated heterocycles. The summed E-state index contributed by atoms with van der Waals surface area (Å²) in [5, 5.41) is 8.40. The van der Waals surface area contributed by atoms with Crippen LogP contribution in [0.25, 0.3) is 0 Å². The lowest BCUT2D eigenvalue weighted by atomic mass is 10.0. The van der Waals surface area contributed by atoms with E-state index in [9.17, 15) is 4.39 Å². The molecule has 1 rings (SSSR count). The number of rotatable bonds is 2. The lowest BCUT2D eigenvalue weighted by Gasteiger charge is -2.06. The maximum atomic E-state index is 13.3. The molecule has 0 spiro atoms. The molecule has 0 unspecified atom stereocenters. The van der Waals surface area contributed by atoms with Gasteiger partial charge in [0.1, 0.15) is 5.82 Å². The maximum Gasteiger partial charge on any atom is 0.129 e. The van der Waals surface area contributed by atoms with E-state index in [1.165, 1.54) is 0 Å². The summed E-state index contributed by atoms with van der Waals surface area (Å²) in [6.07, 6.45) is 1.09. The Bertz CT molecular complexity index is 350. The van der Waals surface area contributed by atoms with Gasteiger partial charge in [-0.1, -0.05) is 12.1 Å². The zero-order valence-corrected chi connectivity index (χ0v) is 7.89. The molecule has 13 heavy (non-hydrogen) atoms. The summed E-state index contributed by atoms with van der Waals surface area (Å²) >= 11 is 0. The third kappa shape index (κ3) is 2.06. The molecule has 0 aliphatic carbocycles. The average molecular weight is 177 g/mol. The second-order valence-electron chi connectivity index (χ2n) is 3.14. The Morgan fingerprint density at radius 1 is 1.38 bits per heavy atom. The topological polar surface area (TPSA) is 23.8 Å². The minimum atomic E-state index is -0.143. The first-order chi connectivity index (χ1) is 6.16. The molecule has 0 saturated carbocycles. The summed E-state index contributed by atoms with van der Waals surface area (Å²) in [5.74, 6) is -0.143. The average Bonchev–Trinajstić information content (AvgIpc) is 2.13. The number of halogens is 1. The minimum absolute atomic E-state index is 0.143. The van der Waals surface area contributed by atoms with Crippen molar-refractivity contribution in [2.45, 2.75) is 26.7 Å². The number of nitriles is 1. The normalized spacial score (nSPS) is 9.69. The smallest absolute Gasteiger partial charge is 0.129 e. The second kappa shape index (κ2) is 4.04. The van der Waals surface area contributed by atoms with Crippen molar-refractivity contribution in [1.29, 1.82) is 5.26 Å². The molecule has 0 atom stereocenters. The molecule has 1 aromatic carbocycles. The first-order valence-electron chi connectivity index (χ1n) is 4.28. The van der Waals surface area contributed by atoms with Crippen LogP contribution >= 0.6 is 0 Å². The van der Waals surface area contributed by atoms with Crippen LogP contribution in [0, 0.1) is 31.0 Å². The monoisotopic (exact) mass is 177 g/mol. The first-order valence-corrected chi connectivity index (χ1v) is 4.28. The van der Waals surface area contributed by atoms with E-state index in [1.807, 2.05) is 6.07 Å². The number of hydrogen-bond donors (Lipinski definition) is 0. The second-order valence-corrected chi connectivity index (χ2v) is 3.14.